The number of nitrogens with zero attached hydrogens (tertiary/aromatic N) is 3. The van der Waals surface area contributed by atoms with Crippen LogP contribution in [-0.4, -0.2) is 19.6 Å². The number of aryl methyl sites for hydroxylation is 1. The zero-order chi connectivity index (χ0) is 18.3. The fourth-order valence-corrected chi connectivity index (χ4v) is 1.87. The number of benzene rings is 1. The molecule has 2 heterocycles. The predicted octanol–water partition coefficient (Wildman–Crippen LogP) is 4.71. The summed E-state index contributed by atoms with van der Waals surface area (Å²) in [5.74, 6) is -1.33. The van der Waals surface area contributed by atoms with Crippen molar-refractivity contribution in [2.24, 2.45) is 0 Å². The molecule has 0 radical (unpaired) electrons. The van der Waals surface area contributed by atoms with Crippen LogP contribution in [0.25, 0.3) is 16.6 Å². The van der Waals surface area contributed by atoms with Gasteiger partial charge >= 0.3 is 17.1 Å². The maximum absolute atomic E-state index is 12.6. The van der Waals surface area contributed by atoms with Crippen LogP contribution in [0.4, 0.5) is 13.2 Å². The van der Waals surface area contributed by atoms with Crippen molar-refractivity contribution in [3.05, 3.63) is 40.1 Å². The predicted molar refractivity (Wildman–Crippen MR) is 86.0 cm³/mol. The fraction of sp³-hybridized carbons (Fsp3) is 0.182. The highest BCUT2D eigenvalue weighted by molar-refractivity contribution is 8.24. The van der Waals surface area contributed by atoms with Crippen LogP contribution < -0.4 is 5.69 Å². The highest BCUT2D eigenvalue weighted by Crippen LogP contribution is 2.61. The molecule has 0 saturated carbocycles. The summed E-state index contributed by atoms with van der Waals surface area (Å²) >= 11 is 13.8. The number of hydrogen-bond donors (Lipinski definition) is 1. The Morgan fingerprint density at radius 1 is 1.25 bits per heavy atom. The molecule has 3 aromatic rings. The van der Waals surface area contributed by atoms with Gasteiger partial charge in [0.05, 0.1) is 5.52 Å². The van der Waals surface area contributed by atoms with E-state index in [9.17, 15) is 22.5 Å². The van der Waals surface area contributed by atoms with Gasteiger partial charge in [-0.2, -0.15) is 17.7 Å². The average Bonchev–Trinajstić information content (AvgIpc) is 2.83. The van der Waals surface area contributed by atoms with E-state index in [-0.39, 0.29) is 5.65 Å². The van der Waals surface area contributed by atoms with E-state index in [1.54, 1.807) is 25.1 Å². The molecular weight excluding hydrogens is 414 g/mol. The maximum Gasteiger partial charge on any atom is 0.453 e. The minimum absolute atomic E-state index is 0.102. The zero-order valence-corrected chi connectivity index (χ0v) is 14.8. The molecule has 2 aromatic heterocycles. The molecule has 13 heteroatoms. The first kappa shape index (κ1) is 19.1. The van der Waals surface area contributed by atoms with E-state index in [1.165, 1.54) is 0 Å². The number of rotatable bonds is 0. The largest absolute Gasteiger partial charge is 0.453 e. The molecule has 3 rings (SSSR count). The van der Waals surface area contributed by atoms with Crippen molar-refractivity contribution in [1.29, 1.82) is 0 Å². The van der Waals surface area contributed by atoms with Gasteiger partial charge in [0, 0.05) is 5.39 Å². The Balaban J connectivity index is 0.000000368. The molecule has 0 atom stereocenters. The number of hydrogen-bond acceptors (Lipinski definition) is 4. The average molecular weight is 422 g/mol. The van der Waals surface area contributed by atoms with Crippen molar-refractivity contribution in [1.82, 2.24) is 19.6 Å². The summed E-state index contributed by atoms with van der Waals surface area (Å²) in [7, 11) is 0. The lowest BCUT2D eigenvalue weighted by atomic mass is 10.2. The SMILES string of the molecule is Cc1ccc2[nH]c(=O)n3nc(C(F)(F)F)nc3c2c1.O=P(Cl)(Cl)Cl. The van der Waals surface area contributed by atoms with Crippen molar-refractivity contribution >= 4 is 55.5 Å². The van der Waals surface area contributed by atoms with Crippen LogP contribution in [0.3, 0.4) is 0 Å². The normalized spacial score (nSPS) is 12.3. The van der Waals surface area contributed by atoms with Gasteiger partial charge in [-0.05, 0) is 52.8 Å². The maximum atomic E-state index is 12.6. The summed E-state index contributed by atoms with van der Waals surface area (Å²) in [5, 5.41) is 0.397. The summed E-state index contributed by atoms with van der Waals surface area (Å²) in [6.45, 7) is 1.79. The minimum Gasteiger partial charge on any atom is -0.305 e. The van der Waals surface area contributed by atoms with E-state index in [0.717, 1.165) is 5.56 Å². The summed E-state index contributed by atoms with van der Waals surface area (Å²) < 4.78 is 47.9. The van der Waals surface area contributed by atoms with Crippen molar-refractivity contribution in [3.63, 3.8) is 0 Å². The third-order valence-electron chi connectivity index (χ3n) is 2.71. The molecule has 0 aliphatic rings. The Bertz CT molecular complexity index is 1000. The number of aromatic amines is 1. The van der Waals surface area contributed by atoms with Crippen molar-refractivity contribution in [3.8, 4) is 0 Å². The third-order valence-corrected chi connectivity index (χ3v) is 2.71. The molecule has 1 N–H and O–H groups in total. The molecule has 6 nitrogen and oxygen atoms in total. The third kappa shape index (κ3) is 4.63. The first-order valence-corrected chi connectivity index (χ1v) is 10.4. The quantitative estimate of drug-likeness (QED) is 0.533. The van der Waals surface area contributed by atoms with Crippen LogP contribution in [0.15, 0.2) is 23.0 Å². The second-order valence-electron chi connectivity index (χ2n) is 4.55. The van der Waals surface area contributed by atoms with Gasteiger partial charge in [0.15, 0.2) is 5.65 Å². The lowest BCUT2D eigenvalue weighted by Gasteiger charge is -2.00. The van der Waals surface area contributed by atoms with Crippen LogP contribution in [0, 0.1) is 6.92 Å². The minimum atomic E-state index is -4.69. The molecule has 0 saturated heterocycles. The molecule has 0 bridgehead atoms. The van der Waals surface area contributed by atoms with Crippen LogP contribution in [0.2, 0.25) is 0 Å². The molecule has 0 fully saturated rings. The lowest BCUT2D eigenvalue weighted by Crippen LogP contribution is -2.18. The Labute approximate surface area is 146 Å². The van der Waals surface area contributed by atoms with Crippen LogP contribution in [-0.2, 0) is 10.7 Å². The lowest BCUT2D eigenvalue weighted by molar-refractivity contribution is -0.144. The Kier molecular flexibility index (Phi) is 5.20. The topological polar surface area (TPSA) is 80.1 Å². The van der Waals surface area contributed by atoms with Gasteiger partial charge in [-0.15, -0.1) is 5.10 Å². The molecule has 0 amide bonds. The zero-order valence-electron chi connectivity index (χ0n) is 11.6. The van der Waals surface area contributed by atoms with E-state index in [1.807, 2.05) is 0 Å². The smallest absolute Gasteiger partial charge is 0.305 e. The summed E-state index contributed by atoms with van der Waals surface area (Å²) in [5.41, 5.74) is 0.409. The standard InChI is InChI=1S/C11H7F3N4O.Cl3OP/c1-5-2-3-7-6(4-5)8-16-9(11(12,13)14)17-18(8)10(19)15-7;1-5(2,3)4/h2-4H,1H3,(H,15,19);. The van der Waals surface area contributed by atoms with Gasteiger partial charge in [-0.1, -0.05) is 11.6 Å². The van der Waals surface area contributed by atoms with Gasteiger partial charge in [0.25, 0.3) is 5.82 Å². The first-order valence-electron chi connectivity index (χ1n) is 6.02. The first-order chi connectivity index (χ1) is 10.9. The number of nitrogens with one attached hydrogen (secondary N) is 1. The molecule has 0 unspecified atom stereocenters. The van der Waals surface area contributed by atoms with Crippen LogP contribution >= 0.6 is 38.9 Å². The summed E-state index contributed by atoms with van der Waals surface area (Å²) in [6.07, 6.45) is -4.69. The second kappa shape index (κ2) is 6.55. The second-order valence-corrected chi connectivity index (χ2v) is 11.2. The van der Waals surface area contributed by atoms with Crippen LogP contribution in [0.5, 0.6) is 0 Å². The van der Waals surface area contributed by atoms with Gasteiger partial charge in [-0.3, -0.25) is 4.57 Å². The molecule has 1 aromatic carbocycles. The van der Waals surface area contributed by atoms with E-state index >= 15 is 0 Å². The monoisotopic (exact) mass is 420 g/mol. The molecule has 24 heavy (non-hydrogen) atoms. The van der Waals surface area contributed by atoms with Crippen molar-refractivity contribution in [2.45, 2.75) is 13.1 Å². The van der Waals surface area contributed by atoms with E-state index in [0.29, 0.717) is 15.4 Å². The molecule has 0 aliphatic heterocycles. The van der Waals surface area contributed by atoms with Crippen molar-refractivity contribution < 1.29 is 17.7 Å². The van der Waals surface area contributed by atoms with E-state index in [2.05, 4.69) is 48.8 Å². The molecule has 0 aliphatic carbocycles. The number of halogens is 6. The Morgan fingerprint density at radius 3 is 2.38 bits per heavy atom. The number of alkyl halides is 3. The molecule has 130 valence electrons. The fourth-order valence-electron chi connectivity index (χ4n) is 1.87. The molecule has 0 spiro atoms. The van der Waals surface area contributed by atoms with Gasteiger partial charge < -0.3 is 4.98 Å². The van der Waals surface area contributed by atoms with E-state index < -0.39 is 22.9 Å². The Hall–Kier alpha value is -1.28. The molecular formula is C11H7Cl3F3N4O2P. The van der Waals surface area contributed by atoms with Gasteiger partial charge in [-0.25, -0.2) is 9.78 Å². The van der Waals surface area contributed by atoms with Gasteiger partial charge in [0.1, 0.15) is 0 Å². The van der Waals surface area contributed by atoms with Gasteiger partial charge in [0.2, 0.25) is 0 Å². The highest BCUT2D eigenvalue weighted by atomic mass is 36.0. The summed E-state index contributed by atoms with van der Waals surface area (Å²) in [4.78, 5) is 17.5. The van der Waals surface area contributed by atoms with Crippen LogP contribution in [0.1, 0.15) is 11.4 Å². The van der Waals surface area contributed by atoms with E-state index in [4.69, 9.17) is 0 Å². The summed E-state index contributed by atoms with van der Waals surface area (Å²) in [6, 6.07) is 5.01. The number of fused-ring (bicyclic) bond motifs is 3. The number of aromatic nitrogens is 4. The Morgan fingerprint density at radius 2 is 1.83 bits per heavy atom. The highest BCUT2D eigenvalue weighted by Gasteiger charge is 2.36. The number of H-pyrrole nitrogens is 1. The van der Waals surface area contributed by atoms with Crippen molar-refractivity contribution in [2.75, 3.05) is 0 Å².